The Morgan fingerprint density at radius 3 is 1.16 bits per heavy atom. The van der Waals surface area contributed by atoms with E-state index in [-0.39, 0.29) is 41.2 Å². The number of esters is 2. The number of phenols is 1. The molecular formula is C81H95N5O14S. The highest BCUT2D eigenvalue weighted by Gasteiger charge is 2.46. The molecule has 20 heteroatoms. The summed E-state index contributed by atoms with van der Waals surface area (Å²) in [6, 6.07) is 49.6. The highest BCUT2D eigenvalue weighted by Crippen LogP contribution is 2.45. The van der Waals surface area contributed by atoms with Crippen LogP contribution in [0.15, 0.2) is 170 Å². The van der Waals surface area contributed by atoms with Crippen LogP contribution >= 0.6 is 11.8 Å². The van der Waals surface area contributed by atoms with Gasteiger partial charge >= 0.3 is 17.9 Å². The first-order valence-corrected chi connectivity index (χ1v) is 35.8. The number of hydrogen-bond donors (Lipinski definition) is 6. The fourth-order valence-electron chi connectivity index (χ4n) is 14.4. The van der Waals surface area contributed by atoms with Crippen LogP contribution in [0.3, 0.4) is 0 Å². The molecule has 0 radical (unpaired) electrons. The van der Waals surface area contributed by atoms with Crippen LogP contribution in [0.4, 0.5) is 11.4 Å². The number of carbonyl (C=O) groups excluding carboxylic acids is 6. The molecule has 3 saturated carbocycles. The second-order valence-corrected chi connectivity index (χ2v) is 27.7. The Labute approximate surface area is 596 Å². The molecule has 0 aromatic heterocycles. The molecule has 1 heterocycles. The van der Waals surface area contributed by atoms with Gasteiger partial charge in [0.15, 0.2) is 0 Å². The monoisotopic (exact) mass is 1390 g/mol. The normalized spacial score (nSPS) is 17.4. The molecule has 4 amide bonds. The molecule has 3 aliphatic carbocycles. The number of rotatable bonds is 23. The number of nitrogens with two attached hydrogens (primary N) is 1. The number of amides is 4. The van der Waals surface area contributed by atoms with Gasteiger partial charge in [-0.15, -0.1) is 11.8 Å². The van der Waals surface area contributed by atoms with Crippen LogP contribution in [0.25, 0.3) is 0 Å². The smallest absolute Gasteiger partial charge is 0.328 e. The topological polar surface area (TPSA) is 271 Å². The predicted octanol–water partition coefficient (Wildman–Crippen LogP) is 12.7. The third kappa shape index (κ3) is 18.8. The molecule has 1 aliphatic heterocycles. The number of carbonyl (C=O) groups is 7. The van der Waals surface area contributed by atoms with E-state index in [1.165, 1.54) is 26.0 Å². The van der Waals surface area contributed by atoms with Crippen molar-refractivity contribution >= 4 is 64.7 Å². The lowest BCUT2D eigenvalue weighted by atomic mass is 9.68. The van der Waals surface area contributed by atoms with Gasteiger partial charge in [0.05, 0.1) is 57.5 Å². The number of hydrogen-bond acceptors (Lipinski definition) is 15. The molecule has 11 rings (SSSR count). The highest BCUT2D eigenvalue weighted by molar-refractivity contribution is 8.00. The fraction of sp³-hybridized carbons (Fsp3) is 0.395. The van der Waals surface area contributed by atoms with Crippen molar-refractivity contribution in [3.8, 4) is 23.0 Å². The standard InChI is InChI=1S/C32H34N2O6S.C25H31NO4.C24H30N2O4/c1-40-26-15-9-23(10-16-26)32(17-3-2-4-18-32)31(39)33-27(30(37)38)19-21-5-11-24(12-6-21)34-28(36)20-41-29(34)22-7-13-25(35)14-8-22;1-18-7-9-19(10-8-18)17-22(23(27)30-3)26-24(28)25(15-5-4-6-16-25)20-11-13-21(29-2)14-12-20;1-29-20-12-8-18(9-13-20)24(14-4-3-5-15-24)23(28)26-21(22(27)30-2)16-17-6-10-19(25)11-7-17/h5-16,27,29,35H,2-4,17-20H2,1H3,(H,33,39)(H,37,38);7-14,22H,4-6,15-17H2,1-3H3,(H,26,28);6-13,21H,3-5,14-16,25H2,1-2H3,(H,26,28). The summed E-state index contributed by atoms with van der Waals surface area (Å²) in [5, 5.41) is 28.3. The molecule has 0 spiro atoms. The summed E-state index contributed by atoms with van der Waals surface area (Å²) in [6.45, 7) is 2.02. The number of carboxylic acids is 1. The lowest BCUT2D eigenvalue weighted by Gasteiger charge is -2.37. The van der Waals surface area contributed by atoms with Crippen molar-refractivity contribution in [2.75, 3.05) is 51.9 Å². The number of methoxy groups -OCH3 is 5. The highest BCUT2D eigenvalue weighted by atomic mass is 32.2. The number of nitrogen functional groups attached to an aromatic ring is 1. The van der Waals surface area contributed by atoms with E-state index in [1.807, 2.05) is 128 Å². The van der Waals surface area contributed by atoms with E-state index in [0.29, 0.717) is 48.6 Å². The van der Waals surface area contributed by atoms with Gasteiger partial charge in [0.2, 0.25) is 23.6 Å². The molecule has 1 saturated heterocycles. The predicted molar refractivity (Wildman–Crippen MR) is 391 cm³/mol. The van der Waals surface area contributed by atoms with Crippen LogP contribution in [-0.2, 0) is 78.5 Å². The second-order valence-electron chi connectivity index (χ2n) is 26.6. The molecule has 101 heavy (non-hydrogen) atoms. The maximum Gasteiger partial charge on any atom is 0.328 e. The summed E-state index contributed by atoms with van der Waals surface area (Å²) in [7, 11) is 7.54. The Morgan fingerprint density at radius 1 is 0.475 bits per heavy atom. The van der Waals surface area contributed by atoms with E-state index in [9.17, 15) is 43.8 Å². The van der Waals surface area contributed by atoms with Gasteiger partial charge in [-0.1, -0.05) is 160 Å². The summed E-state index contributed by atoms with van der Waals surface area (Å²) >= 11 is 1.51. The zero-order valence-electron chi connectivity index (χ0n) is 58.6. The number of aliphatic carboxylic acids is 1. The van der Waals surface area contributed by atoms with Gasteiger partial charge < -0.3 is 55.6 Å². The van der Waals surface area contributed by atoms with Crippen molar-refractivity contribution in [3.05, 3.63) is 214 Å². The number of nitrogens with one attached hydrogen (secondary N) is 3. The number of ether oxygens (including phenoxy) is 5. The minimum absolute atomic E-state index is 0.0205. The van der Waals surface area contributed by atoms with Crippen molar-refractivity contribution in [1.82, 2.24) is 16.0 Å². The van der Waals surface area contributed by atoms with Crippen LogP contribution in [0.1, 0.15) is 146 Å². The van der Waals surface area contributed by atoms with Gasteiger partial charge in [0, 0.05) is 30.6 Å². The van der Waals surface area contributed by atoms with Gasteiger partial charge in [-0.05, 0) is 157 Å². The maximum absolute atomic E-state index is 13.8. The number of aryl methyl sites for hydroxylation is 1. The van der Waals surface area contributed by atoms with E-state index in [4.69, 9.17) is 29.4 Å². The number of anilines is 2. The van der Waals surface area contributed by atoms with Crippen LogP contribution in [-0.4, -0.2) is 111 Å². The molecule has 4 unspecified atom stereocenters. The number of benzene rings is 7. The van der Waals surface area contributed by atoms with Crippen LogP contribution in [0, 0.1) is 6.92 Å². The van der Waals surface area contributed by atoms with Gasteiger partial charge in [0.25, 0.3) is 0 Å². The largest absolute Gasteiger partial charge is 0.508 e. The Morgan fingerprint density at radius 2 is 0.812 bits per heavy atom. The van der Waals surface area contributed by atoms with E-state index >= 15 is 0 Å². The van der Waals surface area contributed by atoms with Gasteiger partial charge in [-0.3, -0.25) is 24.1 Å². The summed E-state index contributed by atoms with van der Waals surface area (Å²) < 4.78 is 25.8. The summed E-state index contributed by atoms with van der Waals surface area (Å²) in [4.78, 5) is 92.6. The van der Waals surface area contributed by atoms with E-state index < -0.39 is 52.3 Å². The lowest BCUT2D eigenvalue weighted by Crippen LogP contribution is -2.52. The number of aromatic hydroxyl groups is 1. The van der Waals surface area contributed by atoms with Gasteiger partial charge in [0.1, 0.15) is 46.5 Å². The van der Waals surface area contributed by atoms with Crippen LogP contribution in [0.5, 0.6) is 23.0 Å². The third-order valence-corrected chi connectivity index (χ3v) is 21.4. The second kappa shape index (κ2) is 35.5. The van der Waals surface area contributed by atoms with E-state index in [0.717, 1.165) is 139 Å². The quantitative estimate of drug-likeness (QED) is 0.0257. The Kier molecular flexibility index (Phi) is 26.5. The Bertz CT molecular complexity index is 3740. The zero-order chi connectivity index (χ0) is 72.1. The minimum Gasteiger partial charge on any atom is -0.508 e. The summed E-state index contributed by atoms with van der Waals surface area (Å²) in [5.74, 6) is 0.234. The fourth-order valence-corrected chi connectivity index (χ4v) is 15.5. The van der Waals surface area contributed by atoms with Crippen molar-refractivity contribution in [3.63, 3.8) is 0 Å². The maximum atomic E-state index is 13.8. The van der Waals surface area contributed by atoms with Crippen molar-refractivity contribution in [1.29, 1.82) is 0 Å². The molecule has 7 aromatic rings. The van der Waals surface area contributed by atoms with Crippen LogP contribution < -0.4 is 40.8 Å². The first kappa shape index (κ1) is 75.4. The number of thioether (sulfide) groups is 1. The number of nitrogens with zero attached hydrogens (tertiary/aromatic N) is 1. The molecule has 4 fully saturated rings. The Hall–Kier alpha value is -9.82. The SMILES string of the molecule is COC(=O)C(Cc1ccc(C)cc1)NC(=O)C1(c2ccc(OC)cc2)CCCCC1.COC(=O)C(Cc1ccc(N)cc1)NC(=O)C1(c2ccc(OC)cc2)CCCCC1.COc1ccc(C2(C(=O)NC(Cc3ccc(N4C(=O)CSC4c4ccc(O)cc4)cc3)C(=O)O)CCCCC2)cc1. The molecule has 0 bridgehead atoms. The molecular weight excluding hydrogens is 1300 g/mol. The molecule has 7 N–H and O–H groups in total. The third-order valence-electron chi connectivity index (χ3n) is 20.2. The molecule has 19 nitrogen and oxygen atoms in total. The van der Waals surface area contributed by atoms with Gasteiger partial charge in [-0.2, -0.15) is 0 Å². The van der Waals surface area contributed by atoms with Gasteiger partial charge in [-0.25, -0.2) is 14.4 Å². The van der Waals surface area contributed by atoms with E-state index in [2.05, 4.69) is 16.0 Å². The number of phenolic OH excluding ortho intramolecular Hbond substituents is 1. The zero-order valence-corrected chi connectivity index (χ0v) is 59.5. The lowest BCUT2D eigenvalue weighted by molar-refractivity contribution is -0.146. The summed E-state index contributed by atoms with van der Waals surface area (Å²) in [6.07, 6.45) is 14.2. The van der Waals surface area contributed by atoms with Crippen molar-refractivity contribution in [2.24, 2.45) is 0 Å². The first-order chi connectivity index (χ1) is 48.8. The number of carboxylic acid groups (broad SMARTS) is 1. The average molecular weight is 1390 g/mol. The van der Waals surface area contributed by atoms with Crippen LogP contribution in [0.2, 0.25) is 0 Å². The van der Waals surface area contributed by atoms with Crippen molar-refractivity contribution in [2.45, 2.75) is 162 Å². The molecule has 7 aromatic carbocycles. The minimum atomic E-state index is -1.10. The van der Waals surface area contributed by atoms with Crippen molar-refractivity contribution < 1.29 is 67.5 Å². The first-order valence-electron chi connectivity index (χ1n) is 34.7. The molecule has 534 valence electrons. The Balaban J connectivity index is 0.000000180. The molecule has 4 atom stereocenters. The van der Waals surface area contributed by atoms with E-state index in [1.54, 1.807) is 74.8 Å². The summed E-state index contributed by atoms with van der Waals surface area (Å²) in [5.41, 5.74) is 12.5. The molecule has 4 aliphatic rings. The average Bonchev–Trinajstić information content (AvgIpc) is 1.27.